The molecule has 2 N–H and O–H groups in total. The highest BCUT2D eigenvalue weighted by atomic mass is 16.5. The Balaban J connectivity index is 2.11. The van der Waals surface area contributed by atoms with Gasteiger partial charge in [0, 0.05) is 24.5 Å². The molecule has 24 heavy (non-hydrogen) atoms. The molecule has 0 radical (unpaired) electrons. The standard InChI is InChI=1S/C18H23N3O3/c1-4-5-9-19-13-8-10-20-16(11-13)18(22)21-15-7-6-14(23-2)12-17(15)24-3/h6-8,10-12H,4-5,9H2,1-3H3,(H,19,20)(H,21,22). The second kappa shape index (κ2) is 8.76. The van der Waals surface area contributed by atoms with Crippen LogP contribution in [0.3, 0.4) is 0 Å². The van der Waals surface area contributed by atoms with Crippen molar-refractivity contribution < 1.29 is 14.3 Å². The van der Waals surface area contributed by atoms with Crippen molar-refractivity contribution in [3.63, 3.8) is 0 Å². The third-order valence-corrected chi connectivity index (χ3v) is 3.51. The fraction of sp³-hybridized carbons (Fsp3) is 0.333. The van der Waals surface area contributed by atoms with Gasteiger partial charge in [-0.15, -0.1) is 0 Å². The highest BCUT2D eigenvalue weighted by molar-refractivity contribution is 6.04. The minimum Gasteiger partial charge on any atom is -0.497 e. The summed E-state index contributed by atoms with van der Waals surface area (Å²) in [4.78, 5) is 16.6. The van der Waals surface area contributed by atoms with Crippen LogP contribution in [0.25, 0.3) is 0 Å². The Bertz CT molecular complexity index is 689. The molecule has 1 aromatic carbocycles. The van der Waals surface area contributed by atoms with Crippen LogP contribution in [0, 0.1) is 0 Å². The number of amides is 1. The van der Waals surface area contributed by atoms with Crippen molar-refractivity contribution in [3.05, 3.63) is 42.2 Å². The zero-order valence-electron chi connectivity index (χ0n) is 14.3. The molecule has 0 aliphatic heterocycles. The number of hydrogen-bond donors (Lipinski definition) is 2. The summed E-state index contributed by atoms with van der Waals surface area (Å²) in [6.07, 6.45) is 3.81. The number of rotatable bonds is 8. The molecule has 0 bridgehead atoms. The van der Waals surface area contributed by atoms with E-state index in [4.69, 9.17) is 9.47 Å². The van der Waals surface area contributed by atoms with Gasteiger partial charge in [-0.1, -0.05) is 13.3 Å². The van der Waals surface area contributed by atoms with E-state index in [-0.39, 0.29) is 5.91 Å². The molecule has 2 aromatic rings. The van der Waals surface area contributed by atoms with Crippen LogP contribution >= 0.6 is 0 Å². The maximum atomic E-state index is 12.4. The molecular formula is C18H23N3O3. The third kappa shape index (κ3) is 4.62. The number of unbranched alkanes of at least 4 members (excludes halogenated alkanes) is 1. The van der Waals surface area contributed by atoms with E-state index in [1.54, 1.807) is 44.7 Å². The molecule has 0 saturated heterocycles. The van der Waals surface area contributed by atoms with E-state index in [0.29, 0.717) is 22.9 Å². The second-order valence-corrected chi connectivity index (χ2v) is 5.23. The van der Waals surface area contributed by atoms with Gasteiger partial charge in [0.05, 0.1) is 19.9 Å². The summed E-state index contributed by atoms with van der Waals surface area (Å²) in [5, 5.41) is 6.09. The average molecular weight is 329 g/mol. The molecule has 0 spiro atoms. The van der Waals surface area contributed by atoms with Crippen molar-refractivity contribution in [2.75, 3.05) is 31.4 Å². The largest absolute Gasteiger partial charge is 0.497 e. The molecule has 1 aromatic heterocycles. The predicted molar refractivity (Wildman–Crippen MR) is 95.1 cm³/mol. The molecule has 0 atom stereocenters. The number of methoxy groups -OCH3 is 2. The lowest BCUT2D eigenvalue weighted by Crippen LogP contribution is -2.15. The molecule has 2 rings (SSSR count). The van der Waals surface area contributed by atoms with Gasteiger partial charge in [0.15, 0.2) is 0 Å². The number of nitrogens with one attached hydrogen (secondary N) is 2. The van der Waals surface area contributed by atoms with Crippen LogP contribution in [0.2, 0.25) is 0 Å². The number of pyridine rings is 1. The first kappa shape index (κ1) is 17.6. The van der Waals surface area contributed by atoms with Gasteiger partial charge >= 0.3 is 0 Å². The lowest BCUT2D eigenvalue weighted by atomic mass is 10.2. The molecule has 1 heterocycles. The van der Waals surface area contributed by atoms with E-state index < -0.39 is 0 Å². The molecule has 6 heteroatoms. The minimum absolute atomic E-state index is 0.294. The average Bonchev–Trinajstić information content (AvgIpc) is 2.62. The number of benzene rings is 1. The molecule has 0 aliphatic rings. The monoisotopic (exact) mass is 329 g/mol. The van der Waals surface area contributed by atoms with Crippen molar-refractivity contribution in [1.29, 1.82) is 0 Å². The highest BCUT2D eigenvalue weighted by Crippen LogP contribution is 2.29. The van der Waals surface area contributed by atoms with E-state index in [1.807, 2.05) is 6.07 Å². The fourth-order valence-corrected chi connectivity index (χ4v) is 2.16. The molecule has 1 amide bonds. The number of anilines is 2. The minimum atomic E-state index is -0.294. The summed E-state index contributed by atoms with van der Waals surface area (Å²) < 4.78 is 10.4. The van der Waals surface area contributed by atoms with Gasteiger partial charge in [0.2, 0.25) is 0 Å². The van der Waals surface area contributed by atoms with Crippen molar-refractivity contribution >= 4 is 17.3 Å². The van der Waals surface area contributed by atoms with Crippen LogP contribution in [0.5, 0.6) is 11.5 Å². The Kier molecular flexibility index (Phi) is 6.42. The Morgan fingerprint density at radius 2 is 2.00 bits per heavy atom. The number of nitrogens with zero attached hydrogens (tertiary/aromatic N) is 1. The zero-order chi connectivity index (χ0) is 17.4. The number of aromatic nitrogens is 1. The maximum Gasteiger partial charge on any atom is 0.274 e. The zero-order valence-corrected chi connectivity index (χ0v) is 14.3. The Hall–Kier alpha value is -2.76. The van der Waals surface area contributed by atoms with E-state index in [1.165, 1.54) is 0 Å². The molecule has 128 valence electrons. The van der Waals surface area contributed by atoms with Crippen LogP contribution in [0.4, 0.5) is 11.4 Å². The Morgan fingerprint density at radius 3 is 2.71 bits per heavy atom. The fourth-order valence-electron chi connectivity index (χ4n) is 2.16. The molecule has 0 fully saturated rings. The van der Waals surface area contributed by atoms with Crippen LogP contribution in [0.1, 0.15) is 30.3 Å². The smallest absolute Gasteiger partial charge is 0.274 e. The van der Waals surface area contributed by atoms with Crippen LogP contribution in [-0.2, 0) is 0 Å². The molecule has 6 nitrogen and oxygen atoms in total. The molecule has 0 unspecified atom stereocenters. The van der Waals surface area contributed by atoms with E-state index in [2.05, 4.69) is 22.5 Å². The van der Waals surface area contributed by atoms with Gasteiger partial charge < -0.3 is 20.1 Å². The first-order valence-corrected chi connectivity index (χ1v) is 7.91. The van der Waals surface area contributed by atoms with E-state index in [9.17, 15) is 4.79 Å². The number of ether oxygens (including phenoxy) is 2. The van der Waals surface area contributed by atoms with Gasteiger partial charge in [0.25, 0.3) is 5.91 Å². The molecular weight excluding hydrogens is 306 g/mol. The van der Waals surface area contributed by atoms with Crippen LogP contribution in [-0.4, -0.2) is 31.7 Å². The summed E-state index contributed by atoms with van der Waals surface area (Å²) >= 11 is 0. The van der Waals surface area contributed by atoms with Crippen molar-refractivity contribution in [2.45, 2.75) is 19.8 Å². The molecule has 0 aliphatic carbocycles. The van der Waals surface area contributed by atoms with Gasteiger partial charge in [-0.3, -0.25) is 9.78 Å². The highest BCUT2D eigenvalue weighted by Gasteiger charge is 2.12. The van der Waals surface area contributed by atoms with Crippen LogP contribution < -0.4 is 20.1 Å². The molecule has 0 saturated carbocycles. The predicted octanol–water partition coefficient (Wildman–Crippen LogP) is 3.56. The first-order chi connectivity index (χ1) is 11.7. The lowest BCUT2D eigenvalue weighted by Gasteiger charge is -2.12. The summed E-state index contributed by atoms with van der Waals surface area (Å²) in [6.45, 7) is 3.00. The SMILES string of the molecule is CCCCNc1ccnc(C(=O)Nc2ccc(OC)cc2OC)c1. The van der Waals surface area contributed by atoms with E-state index in [0.717, 1.165) is 25.1 Å². The first-order valence-electron chi connectivity index (χ1n) is 7.91. The summed E-state index contributed by atoms with van der Waals surface area (Å²) in [5.41, 5.74) is 1.79. The second-order valence-electron chi connectivity index (χ2n) is 5.23. The van der Waals surface area contributed by atoms with Gasteiger partial charge in [0.1, 0.15) is 17.2 Å². The van der Waals surface area contributed by atoms with Crippen LogP contribution in [0.15, 0.2) is 36.5 Å². The van der Waals surface area contributed by atoms with Gasteiger partial charge in [-0.05, 0) is 30.7 Å². The Morgan fingerprint density at radius 1 is 1.17 bits per heavy atom. The van der Waals surface area contributed by atoms with Crippen molar-refractivity contribution in [2.24, 2.45) is 0 Å². The van der Waals surface area contributed by atoms with Gasteiger partial charge in [-0.2, -0.15) is 0 Å². The topological polar surface area (TPSA) is 72.5 Å². The van der Waals surface area contributed by atoms with Crippen molar-refractivity contribution in [3.8, 4) is 11.5 Å². The number of carbonyl (C=O) groups excluding carboxylic acids is 1. The van der Waals surface area contributed by atoms with E-state index >= 15 is 0 Å². The van der Waals surface area contributed by atoms with Gasteiger partial charge in [-0.25, -0.2) is 0 Å². The number of carbonyl (C=O) groups is 1. The normalized spacial score (nSPS) is 10.1. The lowest BCUT2D eigenvalue weighted by molar-refractivity contribution is 0.102. The number of hydrogen-bond acceptors (Lipinski definition) is 5. The quantitative estimate of drug-likeness (QED) is 0.725. The Labute approximate surface area is 142 Å². The summed E-state index contributed by atoms with van der Waals surface area (Å²) in [5.74, 6) is 0.891. The maximum absolute atomic E-state index is 12.4. The third-order valence-electron chi connectivity index (χ3n) is 3.51. The van der Waals surface area contributed by atoms with Crippen molar-refractivity contribution in [1.82, 2.24) is 4.98 Å². The summed E-state index contributed by atoms with van der Waals surface area (Å²) in [7, 11) is 3.12. The summed E-state index contributed by atoms with van der Waals surface area (Å²) in [6, 6.07) is 8.79.